The highest BCUT2D eigenvalue weighted by molar-refractivity contribution is 9.10. The predicted octanol–water partition coefficient (Wildman–Crippen LogP) is 1.88. The first-order valence-corrected chi connectivity index (χ1v) is 8.24. The summed E-state index contributed by atoms with van der Waals surface area (Å²) in [6, 6.07) is 0. The molecule has 0 amide bonds. The Morgan fingerprint density at radius 1 is 1.05 bits per heavy atom. The number of nitrogens with two attached hydrogens (primary N) is 1. The average molecular weight is 342 g/mol. The van der Waals surface area contributed by atoms with Gasteiger partial charge in [-0.05, 0) is 54.8 Å². The summed E-state index contributed by atoms with van der Waals surface area (Å²) < 4.78 is 0.928. The summed E-state index contributed by atoms with van der Waals surface area (Å²) in [5, 5.41) is 0. The Hall–Kier alpha value is -0.720. The number of halogens is 1. The highest BCUT2D eigenvalue weighted by atomic mass is 79.9. The molecular formula is C14H24BrN5. The van der Waals surface area contributed by atoms with Gasteiger partial charge in [0.1, 0.15) is 0 Å². The Kier molecular flexibility index (Phi) is 6.69. The van der Waals surface area contributed by atoms with Crippen LogP contribution in [0.15, 0.2) is 16.9 Å². The largest absolute Gasteiger partial charge is 0.339 e. The number of anilines is 1. The minimum Gasteiger partial charge on any atom is -0.339 e. The molecule has 0 spiro atoms. The maximum atomic E-state index is 5.53. The van der Waals surface area contributed by atoms with Crippen molar-refractivity contribution >= 4 is 21.9 Å². The van der Waals surface area contributed by atoms with Gasteiger partial charge in [0, 0.05) is 32.0 Å². The SMILES string of the molecule is NCCCCCN1CCCN(c2ncc(Br)cn2)CC1. The van der Waals surface area contributed by atoms with Gasteiger partial charge >= 0.3 is 0 Å². The molecule has 2 rings (SSSR count). The molecule has 0 atom stereocenters. The second-order valence-electron chi connectivity index (χ2n) is 5.23. The Morgan fingerprint density at radius 3 is 2.60 bits per heavy atom. The van der Waals surface area contributed by atoms with Gasteiger partial charge in [0.15, 0.2) is 0 Å². The fourth-order valence-corrected chi connectivity index (χ4v) is 2.72. The first kappa shape index (κ1) is 15.7. The minimum atomic E-state index is 0.814. The molecule has 1 aliphatic heterocycles. The summed E-state index contributed by atoms with van der Waals surface area (Å²) in [5.74, 6) is 0.846. The van der Waals surface area contributed by atoms with E-state index in [0.717, 1.165) is 43.0 Å². The summed E-state index contributed by atoms with van der Waals surface area (Å²) >= 11 is 3.37. The molecule has 1 aromatic rings. The van der Waals surface area contributed by atoms with Crippen LogP contribution in [0.4, 0.5) is 5.95 Å². The van der Waals surface area contributed by atoms with Gasteiger partial charge in [-0.2, -0.15) is 0 Å². The second kappa shape index (κ2) is 8.54. The van der Waals surface area contributed by atoms with Crippen LogP contribution in [-0.2, 0) is 0 Å². The molecule has 0 aromatic carbocycles. The molecule has 0 bridgehead atoms. The van der Waals surface area contributed by atoms with Crippen molar-refractivity contribution in [3.05, 3.63) is 16.9 Å². The Balaban J connectivity index is 1.78. The number of rotatable bonds is 6. The summed E-state index contributed by atoms with van der Waals surface area (Å²) in [6.07, 6.45) is 8.46. The van der Waals surface area contributed by atoms with Crippen molar-refractivity contribution in [2.45, 2.75) is 25.7 Å². The summed E-state index contributed by atoms with van der Waals surface area (Å²) in [4.78, 5) is 13.6. The van der Waals surface area contributed by atoms with Gasteiger partial charge in [-0.1, -0.05) is 6.42 Å². The normalized spacial score (nSPS) is 17.2. The number of unbranched alkanes of at least 4 members (excludes halogenated alkanes) is 2. The maximum Gasteiger partial charge on any atom is 0.225 e. The number of nitrogens with zero attached hydrogens (tertiary/aromatic N) is 4. The molecule has 0 aliphatic carbocycles. The van der Waals surface area contributed by atoms with Crippen LogP contribution in [0.5, 0.6) is 0 Å². The lowest BCUT2D eigenvalue weighted by Crippen LogP contribution is -2.32. The highest BCUT2D eigenvalue weighted by Gasteiger charge is 2.16. The lowest BCUT2D eigenvalue weighted by molar-refractivity contribution is 0.286. The summed E-state index contributed by atoms with van der Waals surface area (Å²) in [7, 11) is 0. The van der Waals surface area contributed by atoms with E-state index < -0.39 is 0 Å². The van der Waals surface area contributed by atoms with Crippen molar-refractivity contribution < 1.29 is 0 Å². The maximum absolute atomic E-state index is 5.53. The van der Waals surface area contributed by atoms with Crippen LogP contribution in [0, 0.1) is 0 Å². The van der Waals surface area contributed by atoms with Crippen LogP contribution in [0.1, 0.15) is 25.7 Å². The van der Waals surface area contributed by atoms with Gasteiger partial charge in [0.05, 0.1) is 4.47 Å². The van der Waals surface area contributed by atoms with E-state index in [1.54, 1.807) is 0 Å². The van der Waals surface area contributed by atoms with E-state index in [1.807, 2.05) is 12.4 Å². The van der Waals surface area contributed by atoms with Gasteiger partial charge in [0.2, 0.25) is 5.95 Å². The molecule has 5 nitrogen and oxygen atoms in total. The van der Waals surface area contributed by atoms with Crippen molar-refractivity contribution in [1.29, 1.82) is 0 Å². The van der Waals surface area contributed by atoms with Gasteiger partial charge in [-0.25, -0.2) is 9.97 Å². The summed E-state index contributed by atoms with van der Waals surface area (Å²) in [6.45, 7) is 6.33. The zero-order valence-corrected chi connectivity index (χ0v) is 13.6. The van der Waals surface area contributed by atoms with Crippen molar-refractivity contribution in [3.63, 3.8) is 0 Å². The van der Waals surface area contributed by atoms with Crippen molar-refractivity contribution in [2.24, 2.45) is 5.73 Å². The molecule has 0 saturated carbocycles. The standard InChI is InChI=1S/C14H24BrN5/c15-13-11-17-14(18-12-13)20-8-4-7-19(9-10-20)6-3-1-2-5-16/h11-12H,1-10,16H2. The quantitative estimate of drug-likeness (QED) is 0.800. The molecule has 2 heterocycles. The average Bonchev–Trinajstić information content (AvgIpc) is 2.70. The molecular weight excluding hydrogens is 318 g/mol. The lowest BCUT2D eigenvalue weighted by atomic mass is 10.2. The van der Waals surface area contributed by atoms with Gasteiger partial charge in [-0.15, -0.1) is 0 Å². The van der Waals surface area contributed by atoms with Gasteiger partial charge in [-0.3, -0.25) is 0 Å². The molecule has 0 radical (unpaired) electrons. The van der Waals surface area contributed by atoms with Crippen LogP contribution < -0.4 is 10.6 Å². The zero-order chi connectivity index (χ0) is 14.2. The predicted molar refractivity (Wildman–Crippen MR) is 85.9 cm³/mol. The van der Waals surface area contributed by atoms with Gasteiger partial charge < -0.3 is 15.5 Å². The van der Waals surface area contributed by atoms with E-state index in [-0.39, 0.29) is 0 Å². The van der Waals surface area contributed by atoms with E-state index >= 15 is 0 Å². The van der Waals surface area contributed by atoms with Gasteiger partial charge in [0.25, 0.3) is 0 Å². The first-order chi connectivity index (χ1) is 9.79. The zero-order valence-electron chi connectivity index (χ0n) is 12.0. The fraction of sp³-hybridized carbons (Fsp3) is 0.714. The molecule has 20 heavy (non-hydrogen) atoms. The van der Waals surface area contributed by atoms with E-state index in [9.17, 15) is 0 Å². The third kappa shape index (κ3) is 5.00. The molecule has 0 unspecified atom stereocenters. The van der Waals surface area contributed by atoms with Crippen LogP contribution >= 0.6 is 15.9 Å². The second-order valence-corrected chi connectivity index (χ2v) is 6.15. The Morgan fingerprint density at radius 2 is 1.85 bits per heavy atom. The van der Waals surface area contributed by atoms with E-state index in [4.69, 9.17) is 5.73 Å². The number of hydrogen-bond donors (Lipinski definition) is 1. The molecule has 1 aliphatic rings. The van der Waals surface area contributed by atoms with Crippen LogP contribution in [0.2, 0.25) is 0 Å². The third-order valence-corrected chi connectivity index (χ3v) is 4.07. The smallest absolute Gasteiger partial charge is 0.225 e. The van der Waals surface area contributed by atoms with E-state index in [2.05, 4.69) is 35.7 Å². The summed E-state index contributed by atoms with van der Waals surface area (Å²) in [5.41, 5.74) is 5.53. The monoisotopic (exact) mass is 341 g/mol. The molecule has 6 heteroatoms. The molecule has 112 valence electrons. The minimum absolute atomic E-state index is 0.814. The Labute approximate surface area is 129 Å². The van der Waals surface area contributed by atoms with E-state index in [1.165, 1.54) is 32.4 Å². The van der Waals surface area contributed by atoms with Crippen molar-refractivity contribution in [1.82, 2.24) is 14.9 Å². The van der Waals surface area contributed by atoms with Crippen LogP contribution in [0.3, 0.4) is 0 Å². The van der Waals surface area contributed by atoms with E-state index in [0.29, 0.717) is 0 Å². The lowest BCUT2D eigenvalue weighted by Gasteiger charge is -2.21. The number of aromatic nitrogens is 2. The molecule has 1 saturated heterocycles. The van der Waals surface area contributed by atoms with Crippen LogP contribution in [-0.4, -0.2) is 54.1 Å². The molecule has 1 aromatic heterocycles. The third-order valence-electron chi connectivity index (χ3n) is 3.66. The first-order valence-electron chi connectivity index (χ1n) is 7.44. The number of hydrogen-bond acceptors (Lipinski definition) is 5. The topological polar surface area (TPSA) is 58.3 Å². The van der Waals surface area contributed by atoms with Crippen molar-refractivity contribution in [3.8, 4) is 0 Å². The van der Waals surface area contributed by atoms with Crippen molar-refractivity contribution in [2.75, 3.05) is 44.2 Å². The fourth-order valence-electron chi connectivity index (χ4n) is 2.52. The highest BCUT2D eigenvalue weighted by Crippen LogP contribution is 2.13. The van der Waals surface area contributed by atoms with Crippen LogP contribution in [0.25, 0.3) is 0 Å². The molecule has 2 N–H and O–H groups in total. The Bertz CT molecular complexity index is 384. The molecule has 1 fully saturated rings.